The molecule has 0 aromatic heterocycles. The Bertz CT molecular complexity index is 1190. The SMILES string of the molecule is CC(C)CNC(=O)C(Cc1ccccc1)N(Cc1ccccc1F)C(=O)CSCc1ccc(Cl)cc1Cl. The topological polar surface area (TPSA) is 49.4 Å². The average Bonchev–Trinajstić information content (AvgIpc) is 2.87. The Morgan fingerprint density at radius 3 is 2.35 bits per heavy atom. The number of rotatable bonds is 12. The maximum absolute atomic E-state index is 14.6. The number of nitrogens with zero attached hydrogens (tertiary/aromatic N) is 1. The van der Waals surface area contributed by atoms with Crippen molar-refractivity contribution in [2.24, 2.45) is 5.92 Å². The minimum atomic E-state index is -0.798. The normalized spacial score (nSPS) is 11.8. The Morgan fingerprint density at radius 1 is 0.973 bits per heavy atom. The van der Waals surface area contributed by atoms with Crippen LogP contribution in [0.4, 0.5) is 4.39 Å². The van der Waals surface area contributed by atoms with Gasteiger partial charge in [-0.05, 0) is 35.2 Å². The first-order chi connectivity index (χ1) is 17.7. The number of halogens is 3. The molecule has 8 heteroatoms. The van der Waals surface area contributed by atoms with E-state index < -0.39 is 11.9 Å². The summed E-state index contributed by atoms with van der Waals surface area (Å²) < 4.78 is 14.6. The van der Waals surface area contributed by atoms with Gasteiger partial charge in [-0.1, -0.05) is 91.6 Å². The summed E-state index contributed by atoms with van der Waals surface area (Å²) in [5.74, 6) is -0.0699. The lowest BCUT2D eigenvalue weighted by atomic mass is 10.0. The van der Waals surface area contributed by atoms with Gasteiger partial charge in [0.15, 0.2) is 0 Å². The van der Waals surface area contributed by atoms with Crippen LogP contribution < -0.4 is 5.32 Å². The molecule has 1 atom stereocenters. The highest BCUT2D eigenvalue weighted by Gasteiger charge is 2.31. The monoisotopic (exact) mass is 560 g/mol. The zero-order valence-corrected chi connectivity index (χ0v) is 23.3. The van der Waals surface area contributed by atoms with Crippen molar-refractivity contribution in [2.75, 3.05) is 12.3 Å². The summed E-state index contributed by atoms with van der Waals surface area (Å²) in [7, 11) is 0. The number of amides is 2. The lowest BCUT2D eigenvalue weighted by molar-refractivity contribution is -0.139. The molecule has 0 fully saturated rings. The second kappa shape index (κ2) is 14.4. The van der Waals surface area contributed by atoms with E-state index >= 15 is 0 Å². The van der Waals surface area contributed by atoms with Crippen LogP contribution in [0.5, 0.6) is 0 Å². The van der Waals surface area contributed by atoms with Crippen LogP contribution in [0.25, 0.3) is 0 Å². The molecule has 3 aromatic rings. The van der Waals surface area contributed by atoms with Gasteiger partial charge in [-0.2, -0.15) is 0 Å². The smallest absolute Gasteiger partial charge is 0.243 e. The molecule has 37 heavy (non-hydrogen) atoms. The molecule has 3 aromatic carbocycles. The van der Waals surface area contributed by atoms with Crippen LogP contribution >= 0.6 is 35.0 Å². The molecule has 0 aliphatic rings. The van der Waals surface area contributed by atoms with Crippen molar-refractivity contribution in [1.82, 2.24) is 10.2 Å². The Hall–Kier alpha value is -2.54. The summed E-state index contributed by atoms with van der Waals surface area (Å²) in [6.45, 7) is 4.48. The fourth-order valence-electron chi connectivity index (χ4n) is 3.76. The summed E-state index contributed by atoms with van der Waals surface area (Å²) in [6.07, 6.45) is 0.318. The minimum absolute atomic E-state index is 0.0135. The Kier molecular flexibility index (Phi) is 11.3. The maximum atomic E-state index is 14.6. The largest absolute Gasteiger partial charge is 0.354 e. The van der Waals surface area contributed by atoms with Gasteiger partial charge >= 0.3 is 0 Å². The number of hydrogen-bond acceptors (Lipinski definition) is 3. The fourth-order valence-corrected chi connectivity index (χ4v) is 5.23. The third-order valence-corrected chi connectivity index (χ3v) is 7.31. The first kappa shape index (κ1) is 29.0. The number of hydrogen-bond donors (Lipinski definition) is 1. The van der Waals surface area contributed by atoms with E-state index in [2.05, 4.69) is 5.32 Å². The van der Waals surface area contributed by atoms with E-state index in [0.29, 0.717) is 34.3 Å². The standard InChI is InChI=1S/C29H31Cl2FN2O2S/c1-20(2)16-33-29(36)27(14-21-8-4-3-5-9-21)34(17-22-10-6-7-11-26(22)32)28(35)19-37-18-23-12-13-24(30)15-25(23)31/h3-13,15,20,27H,14,16-19H2,1-2H3,(H,33,36). The van der Waals surface area contributed by atoms with E-state index in [-0.39, 0.29) is 30.0 Å². The maximum Gasteiger partial charge on any atom is 0.243 e. The molecule has 3 rings (SSSR count). The lowest BCUT2D eigenvalue weighted by Crippen LogP contribution is -2.51. The summed E-state index contributed by atoms with van der Waals surface area (Å²) >= 11 is 13.7. The summed E-state index contributed by atoms with van der Waals surface area (Å²) in [5, 5.41) is 4.05. The van der Waals surface area contributed by atoms with Crippen molar-refractivity contribution >= 4 is 46.8 Å². The van der Waals surface area contributed by atoms with Gasteiger partial charge in [-0.15, -0.1) is 11.8 Å². The van der Waals surface area contributed by atoms with Gasteiger partial charge < -0.3 is 10.2 Å². The number of thioether (sulfide) groups is 1. The molecular weight excluding hydrogens is 530 g/mol. The van der Waals surface area contributed by atoms with Gasteiger partial charge in [0.2, 0.25) is 11.8 Å². The Labute approximate surface area is 232 Å². The molecule has 0 heterocycles. The second-order valence-corrected chi connectivity index (χ2v) is 11.0. The van der Waals surface area contributed by atoms with Crippen molar-refractivity contribution in [3.8, 4) is 0 Å². The molecule has 196 valence electrons. The molecule has 4 nitrogen and oxygen atoms in total. The zero-order valence-electron chi connectivity index (χ0n) is 20.9. The fraction of sp³-hybridized carbons (Fsp3) is 0.310. The van der Waals surface area contributed by atoms with Gasteiger partial charge in [0.25, 0.3) is 0 Å². The summed E-state index contributed by atoms with van der Waals surface area (Å²) in [5.41, 5.74) is 2.13. The quantitative estimate of drug-likeness (QED) is 0.265. The van der Waals surface area contributed by atoms with E-state index in [1.165, 1.54) is 22.7 Å². The van der Waals surface area contributed by atoms with Gasteiger partial charge in [-0.25, -0.2) is 4.39 Å². The highest BCUT2D eigenvalue weighted by Crippen LogP contribution is 2.25. The van der Waals surface area contributed by atoms with Crippen molar-refractivity contribution in [1.29, 1.82) is 0 Å². The summed E-state index contributed by atoms with van der Waals surface area (Å²) in [6, 6.07) is 20.3. The van der Waals surface area contributed by atoms with Crippen LogP contribution in [0, 0.1) is 11.7 Å². The first-order valence-corrected chi connectivity index (χ1v) is 14.0. The molecule has 2 amide bonds. The van der Waals surface area contributed by atoms with E-state index in [9.17, 15) is 14.0 Å². The molecule has 0 radical (unpaired) electrons. The van der Waals surface area contributed by atoms with Gasteiger partial charge in [0.05, 0.1) is 5.75 Å². The Balaban J connectivity index is 1.86. The molecular formula is C29H31Cl2FN2O2S. The number of nitrogens with one attached hydrogen (secondary N) is 1. The third kappa shape index (κ3) is 9.06. The predicted octanol–water partition coefficient (Wildman–Crippen LogP) is 6.78. The average molecular weight is 562 g/mol. The number of carbonyl (C=O) groups is 2. The van der Waals surface area contributed by atoms with Crippen molar-refractivity contribution in [3.63, 3.8) is 0 Å². The number of benzene rings is 3. The molecule has 1 unspecified atom stereocenters. The minimum Gasteiger partial charge on any atom is -0.354 e. The van der Waals surface area contributed by atoms with E-state index in [4.69, 9.17) is 23.2 Å². The molecule has 0 aliphatic heterocycles. The Morgan fingerprint density at radius 2 is 1.68 bits per heavy atom. The molecule has 1 N–H and O–H groups in total. The highest BCUT2D eigenvalue weighted by atomic mass is 35.5. The van der Waals surface area contributed by atoms with Gasteiger partial charge in [0, 0.05) is 40.9 Å². The van der Waals surface area contributed by atoms with Crippen LogP contribution in [-0.4, -0.2) is 35.1 Å². The molecule has 0 spiro atoms. The van der Waals surface area contributed by atoms with Crippen LogP contribution in [0.3, 0.4) is 0 Å². The van der Waals surface area contributed by atoms with E-state index in [1.807, 2.05) is 50.2 Å². The highest BCUT2D eigenvalue weighted by molar-refractivity contribution is 7.99. The molecule has 0 bridgehead atoms. The molecule has 0 saturated heterocycles. The van der Waals surface area contributed by atoms with Crippen LogP contribution in [-0.2, 0) is 28.3 Å². The summed E-state index contributed by atoms with van der Waals surface area (Å²) in [4.78, 5) is 28.5. The second-order valence-electron chi connectivity index (χ2n) is 9.19. The predicted molar refractivity (Wildman–Crippen MR) is 151 cm³/mol. The third-order valence-electron chi connectivity index (χ3n) is 5.75. The van der Waals surface area contributed by atoms with Crippen molar-refractivity contribution in [2.45, 2.75) is 38.6 Å². The zero-order chi connectivity index (χ0) is 26.8. The van der Waals surface area contributed by atoms with Crippen LogP contribution in [0.1, 0.15) is 30.5 Å². The van der Waals surface area contributed by atoms with E-state index in [0.717, 1.165) is 11.1 Å². The van der Waals surface area contributed by atoms with Crippen LogP contribution in [0.2, 0.25) is 10.0 Å². The molecule has 0 aliphatic carbocycles. The van der Waals surface area contributed by atoms with Crippen molar-refractivity contribution < 1.29 is 14.0 Å². The van der Waals surface area contributed by atoms with E-state index in [1.54, 1.807) is 30.3 Å². The lowest BCUT2D eigenvalue weighted by Gasteiger charge is -2.32. The molecule has 0 saturated carbocycles. The van der Waals surface area contributed by atoms with Gasteiger partial charge in [-0.3, -0.25) is 9.59 Å². The van der Waals surface area contributed by atoms with Crippen LogP contribution in [0.15, 0.2) is 72.8 Å². The van der Waals surface area contributed by atoms with Gasteiger partial charge in [0.1, 0.15) is 11.9 Å². The first-order valence-electron chi connectivity index (χ1n) is 12.1. The number of carbonyl (C=O) groups excluding carboxylic acids is 2. The van der Waals surface area contributed by atoms with Crippen molar-refractivity contribution in [3.05, 3.63) is 105 Å².